The Morgan fingerprint density at radius 3 is 2.20 bits per heavy atom. The molecule has 132 valence electrons. The number of esters is 1. The molecular formula is C20H22O5. The van der Waals surface area contributed by atoms with E-state index in [2.05, 4.69) is 0 Å². The van der Waals surface area contributed by atoms with Gasteiger partial charge >= 0.3 is 5.97 Å². The van der Waals surface area contributed by atoms with E-state index in [1.165, 1.54) is 6.92 Å². The van der Waals surface area contributed by atoms with Crippen LogP contribution in [0.4, 0.5) is 0 Å². The number of carbonyl (C=O) groups excluding carboxylic acids is 2. The summed E-state index contributed by atoms with van der Waals surface area (Å²) in [4.78, 5) is 23.6. The summed E-state index contributed by atoms with van der Waals surface area (Å²) in [5.41, 5.74) is 1.32. The molecule has 5 heteroatoms. The second-order valence-corrected chi connectivity index (χ2v) is 5.93. The average Bonchev–Trinajstić information content (AvgIpc) is 2.60. The Balaban J connectivity index is 2.14. The van der Waals surface area contributed by atoms with Crippen molar-refractivity contribution in [3.8, 4) is 17.2 Å². The highest BCUT2D eigenvalue weighted by Gasteiger charge is 2.16. The lowest BCUT2D eigenvalue weighted by Crippen LogP contribution is -2.16. The van der Waals surface area contributed by atoms with Gasteiger partial charge in [0.25, 0.3) is 0 Å². The SMILES string of the molecule is COc1ccc(COc2ccc(C(C)=O)c(OC(=O)C(C)C)c2)cc1. The molecule has 0 aliphatic rings. The zero-order chi connectivity index (χ0) is 18.4. The van der Waals surface area contributed by atoms with Crippen LogP contribution in [-0.2, 0) is 11.4 Å². The van der Waals surface area contributed by atoms with Crippen LogP contribution in [0.1, 0.15) is 36.7 Å². The number of benzene rings is 2. The molecule has 0 amide bonds. The van der Waals surface area contributed by atoms with Crippen molar-refractivity contribution < 1.29 is 23.8 Å². The van der Waals surface area contributed by atoms with Gasteiger partial charge in [-0.15, -0.1) is 0 Å². The summed E-state index contributed by atoms with van der Waals surface area (Å²) in [5, 5.41) is 0. The molecule has 0 N–H and O–H groups in total. The van der Waals surface area contributed by atoms with E-state index in [-0.39, 0.29) is 17.5 Å². The largest absolute Gasteiger partial charge is 0.497 e. The average molecular weight is 342 g/mol. The number of carbonyl (C=O) groups is 2. The van der Waals surface area contributed by atoms with Crippen molar-refractivity contribution in [2.45, 2.75) is 27.4 Å². The molecule has 0 bridgehead atoms. The molecule has 0 fully saturated rings. The quantitative estimate of drug-likeness (QED) is 0.432. The van der Waals surface area contributed by atoms with Crippen LogP contribution in [0.5, 0.6) is 17.2 Å². The third kappa shape index (κ3) is 5.08. The molecule has 2 aromatic carbocycles. The molecule has 0 unspecified atom stereocenters. The van der Waals surface area contributed by atoms with Crippen LogP contribution in [0.3, 0.4) is 0 Å². The Morgan fingerprint density at radius 2 is 1.64 bits per heavy atom. The molecule has 25 heavy (non-hydrogen) atoms. The third-order valence-corrected chi connectivity index (χ3v) is 3.58. The Hall–Kier alpha value is -2.82. The lowest BCUT2D eigenvalue weighted by atomic mass is 10.1. The fourth-order valence-corrected chi connectivity index (χ4v) is 2.08. The monoisotopic (exact) mass is 342 g/mol. The summed E-state index contributed by atoms with van der Waals surface area (Å²) in [6, 6.07) is 12.4. The number of methoxy groups -OCH3 is 1. The first-order valence-electron chi connectivity index (χ1n) is 8.03. The fraction of sp³-hybridized carbons (Fsp3) is 0.300. The summed E-state index contributed by atoms with van der Waals surface area (Å²) in [5.74, 6) is 0.662. The smallest absolute Gasteiger partial charge is 0.313 e. The van der Waals surface area contributed by atoms with Crippen molar-refractivity contribution in [2.24, 2.45) is 5.92 Å². The Kier molecular flexibility index (Phi) is 6.17. The van der Waals surface area contributed by atoms with Crippen LogP contribution in [0.15, 0.2) is 42.5 Å². The topological polar surface area (TPSA) is 61.8 Å². The maximum atomic E-state index is 11.9. The Morgan fingerprint density at radius 1 is 1.00 bits per heavy atom. The number of Topliss-reactive ketones (excluding diaryl/α,β-unsaturated/α-hetero) is 1. The van der Waals surface area contributed by atoms with E-state index < -0.39 is 5.97 Å². The number of rotatable bonds is 7. The molecule has 0 atom stereocenters. The zero-order valence-corrected chi connectivity index (χ0v) is 14.9. The molecule has 0 saturated carbocycles. The van der Waals surface area contributed by atoms with Crippen molar-refractivity contribution in [1.29, 1.82) is 0 Å². The summed E-state index contributed by atoms with van der Waals surface area (Å²) in [7, 11) is 1.61. The predicted octanol–water partition coefficient (Wildman–Crippen LogP) is 4.04. The Bertz CT molecular complexity index is 747. The van der Waals surface area contributed by atoms with Gasteiger partial charge in [-0.2, -0.15) is 0 Å². The molecule has 0 aliphatic heterocycles. The van der Waals surface area contributed by atoms with Gasteiger partial charge in [0.05, 0.1) is 18.6 Å². The highest BCUT2D eigenvalue weighted by molar-refractivity contribution is 5.97. The van der Waals surface area contributed by atoms with Gasteiger partial charge in [0.1, 0.15) is 23.9 Å². The van der Waals surface area contributed by atoms with E-state index in [0.717, 1.165) is 11.3 Å². The van der Waals surface area contributed by atoms with Gasteiger partial charge in [-0.1, -0.05) is 26.0 Å². The molecule has 0 saturated heterocycles. The van der Waals surface area contributed by atoms with Crippen molar-refractivity contribution in [2.75, 3.05) is 7.11 Å². The first-order valence-corrected chi connectivity index (χ1v) is 8.03. The van der Waals surface area contributed by atoms with Crippen molar-refractivity contribution in [1.82, 2.24) is 0 Å². The maximum Gasteiger partial charge on any atom is 0.313 e. The van der Waals surface area contributed by atoms with Crippen LogP contribution in [0.2, 0.25) is 0 Å². The number of ketones is 1. The number of hydrogen-bond donors (Lipinski definition) is 0. The fourth-order valence-electron chi connectivity index (χ4n) is 2.08. The molecular weight excluding hydrogens is 320 g/mol. The third-order valence-electron chi connectivity index (χ3n) is 3.58. The van der Waals surface area contributed by atoms with Gasteiger partial charge < -0.3 is 14.2 Å². The molecule has 2 rings (SSSR count). The van der Waals surface area contributed by atoms with Gasteiger partial charge in [0.15, 0.2) is 5.78 Å². The van der Waals surface area contributed by atoms with Crippen molar-refractivity contribution in [3.63, 3.8) is 0 Å². The molecule has 0 aromatic heterocycles. The van der Waals surface area contributed by atoms with Gasteiger partial charge in [0.2, 0.25) is 0 Å². The number of ether oxygens (including phenoxy) is 3. The van der Waals surface area contributed by atoms with Crippen LogP contribution >= 0.6 is 0 Å². The van der Waals surface area contributed by atoms with E-state index in [1.54, 1.807) is 39.2 Å². The molecule has 2 aromatic rings. The summed E-state index contributed by atoms with van der Waals surface area (Å²) >= 11 is 0. The van der Waals surface area contributed by atoms with Crippen molar-refractivity contribution >= 4 is 11.8 Å². The van der Waals surface area contributed by atoms with Crippen LogP contribution in [0, 0.1) is 5.92 Å². The predicted molar refractivity (Wildman–Crippen MR) is 94.2 cm³/mol. The standard InChI is InChI=1S/C20H22O5/c1-13(2)20(22)25-19-11-17(9-10-18(19)14(3)21)24-12-15-5-7-16(23-4)8-6-15/h5-11,13H,12H2,1-4H3. The summed E-state index contributed by atoms with van der Waals surface area (Å²) in [6.07, 6.45) is 0. The first kappa shape index (κ1) is 18.5. The van der Waals surface area contributed by atoms with Crippen molar-refractivity contribution in [3.05, 3.63) is 53.6 Å². The van der Waals surface area contributed by atoms with Gasteiger partial charge in [-0.3, -0.25) is 9.59 Å². The molecule has 0 heterocycles. The summed E-state index contributed by atoms with van der Waals surface area (Å²) < 4.78 is 16.2. The maximum absolute atomic E-state index is 11.9. The summed E-state index contributed by atoms with van der Waals surface area (Å²) in [6.45, 7) is 5.25. The van der Waals surface area contributed by atoms with E-state index in [9.17, 15) is 9.59 Å². The van der Waals surface area contributed by atoms with Crippen LogP contribution < -0.4 is 14.2 Å². The Labute approximate surface area is 147 Å². The van der Waals surface area contributed by atoms with Gasteiger partial charge in [-0.25, -0.2) is 0 Å². The molecule has 0 aliphatic carbocycles. The second-order valence-electron chi connectivity index (χ2n) is 5.93. The van der Waals surface area contributed by atoms with E-state index in [0.29, 0.717) is 17.9 Å². The normalized spacial score (nSPS) is 10.4. The molecule has 0 radical (unpaired) electrons. The minimum Gasteiger partial charge on any atom is -0.497 e. The lowest BCUT2D eigenvalue weighted by Gasteiger charge is -2.13. The van der Waals surface area contributed by atoms with E-state index in [1.807, 2.05) is 24.3 Å². The highest BCUT2D eigenvalue weighted by atomic mass is 16.5. The number of hydrogen-bond acceptors (Lipinski definition) is 5. The van der Waals surface area contributed by atoms with E-state index >= 15 is 0 Å². The minimum atomic E-state index is -0.394. The zero-order valence-electron chi connectivity index (χ0n) is 14.9. The highest BCUT2D eigenvalue weighted by Crippen LogP contribution is 2.27. The van der Waals surface area contributed by atoms with Gasteiger partial charge in [0, 0.05) is 6.07 Å². The van der Waals surface area contributed by atoms with Crippen LogP contribution in [-0.4, -0.2) is 18.9 Å². The van der Waals surface area contributed by atoms with Crippen LogP contribution in [0.25, 0.3) is 0 Å². The van der Waals surface area contributed by atoms with Gasteiger partial charge in [-0.05, 0) is 36.8 Å². The second kappa shape index (κ2) is 8.33. The minimum absolute atomic E-state index is 0.173. The van der Waals surface area contributed by atoms with E-state index in [4.69, 9.17) is 14.2 Å². The first-order chi connectivity index (χ1) is 11.9. The molecule has 5 nitrogen and oxygen atoms in total. The molecule has 0 spiro atoms. The lowest BCUT2D eigenvalue weighted by molar-refractivity contribution is -0.137.